The first-order chi connectivity index (χ1) is 10.3. The number of aromatic amines is 1. The number of H-pyrrole nitrogens is 1. The predicted octanol–water partition coefficient (Wildman–Crippen LogP) is 1.67. The number of thioether (sulfide) groups is 1. The second-order valence-corrected chi connectivity index (χ2v) is 7.85. The molecule has 1 aliphatic heterocycles. The first kappa shape index (κ1) is 16.9. The number of carbonyl (C=O) groups is 2. The molecule has 6 nitrogen and oxygen atoms in total. The Morgan fingerprint density at radius 1 is 1.50 bits per heavy atom. The molecule has 1 saturated heterocycles. The molecular weight excluding hydrogens is 300 g/mol. The zero-order chi connectivity index (χ0) is 16.3. The van der Waals surface area contributed by atoms with Crippen LogP contribution in [0.4, 0.5) is 0 Å². The van der Waals surface area contributed by atoms with E-state index in [0.717, 1.165) is 11.3 Å². The SMILES string of the molecule is Cc1[nH]ncc1CNC(=O)C1CSCN1C(=O)CC(C)(C)C. The maximum atomic E-state index is 12.4. The van der Waals surface area contributed by atoms with Crippen LogP contribution in [0.5, 0.6) is 0 Å². The van der Waals surface area contributed by atoms with Gasteiger partial charge in [-0.05, 0) is 12.3 Å². The zero-order valence-corrected chi connectivity index (χ0v) is 14.4. The number of nitrogens with zero attached hydrogens (tertiary/aromatic N) is 2. The minimum Gasteiger partial charge on any atom is -0.350 e. The van der Waals surface area contributed by atoms with E-state index in [1.165, 1.54) is 0 Å². The van der Waals surface area contributed by atoms with Crippen LogP contribution in [0, 0.1) is 12.3 Å². The fraction of sp³-hybridized carbons (Fsp3) is 0.667. The van der Waals surface area contributed by atoms with Crippen molar-refractivity contribution in [1.29, 1.82) is 0 Å². The lowest BCUT2D eigenvalue weighted by molar-refractivity contribution is -0.139. The van der Waals surface area contributed by atoms with E-state index < -0.39 is 0 Å². The molecule has 122 valence electrons. The van der Waals surface area contributed by atoms with Crippen molar-refractivity contribution in [2.75, 3.05) is 11.6 Å². The van der Waals surface area contributed by atoms with Crippen LogP contribution in [-0.4, -0.2) is 44.6 Å². The van der Waals surface area contributed by atoms with Gasteiger partial charge >= 0.3 is 0 Å². The van der Waals surface area contributed by atoms with Gasteiger partial charge in [0.05, 0.1) is 12.1 Å². The summed E-state index contributed by atoms with van der Waals surface area (Å²) in [6.45, 7) is 8.45. The van der Waals surface area contributed by atoms with Crippen molar-refractivity contribution in [1.82, 2.24) is 20.4 Å². The maximum Gasteiger partial charge on any atom is 0.243 e. The third-order valence-electron chi connectivity index (χ3n) is 3.57. The molecule has 2 N–H and O–H groups in total. The minimum absolute atomic E-state index is 0.0529. The number of hydrogen-bond acceptors (Lipinski definition) is 4. The Hall–Kier alpha value is -1.50. The summed E-state index contributed by atoms with van der Waals surface area (Å²) in [5.74, 6) is 1.22. The molecule has 0 aliphatic carbocycles. The molecule has 0 radical (unpaired) electrons. The maximum absolute atomic E-state index is 12.4. The summed E-state index contributed by atoms with van der Waals surface area (Å²) in [5.41, 5.74) is 1.84. The van der Waals surface area contributed by atoms with Crippen molar-refractivity contribution in [2.45, 2.75) is 46.7 Å². The van der Waals surface area contributed by atoms with Crippen LogP contribution in [-0.2, 0) is 16.1 Å². The van der Waals surface area contributed by atoms with Crippen LogP contribution < -0.4 is 5.32 Å². The van der Waals surface area contributed by atoms with Crippen LogP contribution in [0.25, 0.3) is 0 Å². The molecule has 0 saturated carbocycles. The van der Waals surface area contributed by atoms with E-state index in [-0.39, 0.29) is 23.3 Å². The van der Waals surface area contributed by atoms with Gasteiger partial charge in [0.15, 0.2) is 0 Å². The lowest BCUT2D eigenvalue weighted by atomic mass is 9.91. The summed E-state index contributed by atoms with van der Waals surface area (Å²) in [6, 6.07) is -0.368. The molecule has 0 bridgehead atoms. The number of hydrogen-bond donors (Lipinski definition) is 2. The molecule has 1 unspecified atom stereocenters. The van der Waals surface area contributed by atoms with Crippen molar-refractivity contribution < 1.29 is 9.59 Å². The molecular formula is C15H24N4O2S. The third kappa shape index (κ3) is 4.25. The van der Waals surface area contributed by atoms with Crippen LogP contribution in [0.2, 0.25) is 0 Å². The number of amides is 2. The molecule has 2 rings (SSSR count). The van der Waals surface area contributed by atoms with Crippen molar-refractivity contribution in [3.05, 3.63) is 17.5 Å². The van der Waals surface area contributed by atoms with Gasteiger partial charge in [-0.2, -0.15) is 5.10 Å². The third-order valence-corrected chi connectivity index (χ3v) is 4.59. The van der Waals surface area contributed by atoms with Gasteiger partial charge < -0.3 is 10.2 Å². The molecule has 1 atom stereocenters. The Bertz CT molecular complexity index is 550. The first-order valence-corrected chi connectivity index (χ1v) is 8.57. The molecule has 1 aliphatic rings. The summed E-state index contributed by atoms with van der Waals surface area (Å²) >= 11 is 1.63. The van der Waals surface area contributed by atoms with Crippen molar-refractivity contribution >= 4 is 23.6 Å². The molecule has 1 aromatic rings. The fourth-order valence-electron chi connectivity index (χ4n) is 2.31. The van der Waals surface area contributed by atoms with Gasteiger partial charge in [0.25, 0.3) is 0 Å². The topological polar surface area (TPSA) is 78.1 Å². The standard InChI is InChI=1S/C15H24N4O2S/c1-10-11(7-17-18-10)6-16-14(21)12-8-22-9-19(12)13(20)5-15(2,3)4/h7,12H,5-6,8-9H2,1-4H3,(H,16,21)(H,17,18). The lowest BCUT2D eigenvalue weighted by Crippen LogP contribution is -2.47. The number of aryl methyl sites for hydroxylation is 1. The highest BCUT2D eigenvalue weighted by atomic mass is 32.2. The van der Waals surface area contributed by atoms with Crippen LogP contribution >= 0.6 is 11.8 Å². The molecule has 0 aromatic carbocycles. The van der Waals surface area contributed by atoms with Gasteiger partial charge in [-0.3, -0.25) is 14.7 Å². The Balaban J connectivity index is 1.93. The highest BCUT2D eigenvalue weighted by Gasteiger charge is 2.35. The van der Waals surface area contributed by atoms with E-state index in [4.69, 9.17) is 0 Å². The fourth-order valence-corrected chi connectivity index (χ4v) is 3.50. The van der Waals surface area contributed by atoms with Crippen LogP contribution in [0.1, 0.15) is 38.4 Å². The largest absolute Gasteiger partial charge is 0.350 e. The average Bonchev–Trinajstić information content (AvgIpc) is 3.02. The van der Waals surface area contributed by atoms with Gasteiger partial charge in [-0.15, -0.1) is 11.8 Å². The van der Waals surface area contributed by atoms with Gasteiger partial charge in [-0.1, -0.05) is 20.8 Å². The monoisotopic (exact) mass is 324 g/mol. The first-order valence-electron chi connectivity index (χ1n) is 7.42. The molecule has 7 heteroatoms. The van der Waals surface area contributed by atoms with E-state index in [1.807, 2.05) is 27.7 Å². The molecule has 2 amide bonds. The summed E-state index contributed by atoms with van der Waals surface area (Å²) in [4.78, 5) is 26.5. The zero-order valence-electron chi connectivity index (χ0n) is 13.6. The van der Waals surface area contributed by atoms with E-state index in [2.05, 4.69) is 15.5 Å². The summed E-state index contributed by atoms with van der Waals surface area (Å²) in [6.07, 6.45) is 2.17. The number of rotatable bonds is 4. The van der Waals surface area contributed by atoms with Crippen molar-refractivity contribution in [2.24, 2.45) is 5.41 Å². The normalized spacial score (nSPS) is 18.5. The summed E-state index contributed by atoms with van der Waals surface area (Å²) < 4.78 is 0. The second kappa shape index (κ2) is 6.73. The molecule has 22 heavy (non-hydrogen) atoms. The minimum atomic E-state index is -0.368. The molecule has 1 aromatic heterocycles. The number of carbonyl (C=O) groups excluding carboxylic acids is 2. The number of nitrogens with one attached hydrogen (secondary N) is 2. The molecule has 2 heterocycles. The Kier molecular flexibility index (Phi) is 5.16. The summed E-state index contributed by atoms with van der Waals surface area (Å²) in [7, 11) is 0. The van der Waals surface area contributed by atoms with E-state index in [9.17, 15) is 9.59 Å². The van der Waals surface area contributed by atoms with E-state index in [1.54, 1.807) is 22.9 Å². The lowest BCUT2D eigenvalue weighted by Gasteiger charge is -2.26. The van der Waals surface area contributed by atoms with E-state index >= 15 is 0 Å². The Morgan fingerprint density at radius 3 is 2.82 bits per heavy atom. The Morgan fingerprint density at radius 2 is 2.23 bits per heavy atom. The molecule has 1 fully saturated rings. The number of aromatic nitrogens is 2. The van der Waals surface area contributed by atoms with Crippen LogP contribution in [0.15, 0.2) is 6.20 Å². The average molecular weight is 324 g/mol. The highest BCUT2D eigenvalue weighted by Crippen LogP contribution is 2.26. The second-order valence-electron chi connectivity index (χ2n) is 6.85. The van der Waals surface area contributed by atoms with Crippen molar-refractivity contribution in [3.8, 4) is 0 Å². The quantitative estimate of drug-likeness (QED) is 0.883. The van der Waals surface area contributed by atoms with Crippen molar-refractivity contribution in [3.63, 3.8) is 0 Å². The molecule has 0 spiro atoms. The smallest absolute Gasteiger partial charge is 0.243 e. The van der Waals surface area contributed by atoms with Gasteiger partial charge in [0.2, 0.25) is 11.8 Å². The predicted molar refractivity (Wildman–Crippen MR) is 87.2 cm³/mol. The van der Waals surface area contributed by atoms with Gasteiger partial charge in [0, 0.05) is 30.0 Å². The van der Waals surface area contributed by atoms with Gasteiger partial charge in [-0.25, -0.2) is 0 Å². The summed E-state index contributed by atoms with van der Waals surface area (Å²) in [5, 5.41) is 9.69. The van der Waals surface area contributed by atoms with Crippen LogP contribution in [0.3, 0.4) is 0 Å². The highest BCUT2D eigenvalue weighted by molar-refractivity contribution is 7.99. The van der Waals surface area contributed by atoms with Gasteiger partial charge in [0.1, 0.15) is 6.04 Å². The van der Waals surface area contributed by atoms with E-state index in [0.29, 0.717) is 24.6 Å². The Labute approximate surface area is 135 Å².